The van der Waals surface area contributed by atoms with E-state index in [-0.39, 0.29) is 11.6 Å². The summed E-state index contributed by atoms with van der Waals surface area (Å²) in [6.07, 6.45) is 3.83. The van der Waals surface area contributed by atoms with E-state index in [1.807, 2.05) is 31.2 Å². The number of aromatic nitrogens is 2. The second kappa shape index (κ2) is 6.36. The Bertz CT molecular complexity index is 593. The number of para-hydroxylation sites is 2. The number of benzene rings is 1. The van der Waals surface area contributed by atoms with Crippen molar-refractivity contribution < 1.29 is 9.47 Å². The van der Waals surface area contributed by atoms with E-state index in [0.29, 0.717) is 18.1 Å². The molecular formula is C14H13N3O2. The molecule has 5 nitrogen and oxygen atoms in total. The zero-order valence-corrected chi connectivity index (χ0v) is 10.5. The molecule has 0 fully saturated rings. The van der Waals surface area contributed by atoms with E-state index in [9.17, 15) is 0 Å². The summed E-state index contributed by atoms with van der Waals surface area (Å²) >= 11 is 0. The van der Waals surface area contributed by atoms with Crippen LogP contribution in [-0.4, -0.2) is 16.6 Å². The highest BCUT2D eigenvalue weighted by molar-refractivity contribution is 5.43. The Morgan fingerprint density at radius 2 is 1.89 bits per heavy atom. The summed E-state index contributed by atoms with van der Waals surface area (Å²) in [6.45, 7) is 2.63. The molecular weight excluding hydrogens is 242 g/mol. The summed E-state index contributed by atoms with van der Waals surface area (Å²) in [7, 11) is 0. The van der Waals surface area contributed by atoms with Gasteiger partial charge in [0.1, 0.15) is 6.07 Å². The fraction of sp³-hybridized carbons (Fsp3) is 0.214. The molecule has 1 heterocycles. The van der Waals surface area contributed by atoms with E-state index in [4.69, 9.17) is 14.7 Å². The Kier molecular flexibility index (Phi) is 4.29. The molecule has 0 radical (unpaired) electrons. The van der Waals surface area contributed by atoms with Gasteiger partial charge in [-0.2, -0.15) is 5.26 Å². The quantitative estimate of drug-likeness (QED) is 0.821. The zero-order valence-electron chi connectivity index (χ0n) is 10.5. The molecule has 1 aromatic heterocycles. The highest BCUT2D eigenvalue weighted by atomic mass is 16.5. The monoisotopic (exact) mass is 255 g/mol. The molecule has 0 aliphatic rings. The lowest BCUT2D eigenvalue weighted by Gasteiger charge is -2.11. The third-order valence-corrected chi connectivity index (χ3v) is 2.29. The summed E-state index contributed by atoms with van der Waals surface area (Å²) in [4.78, 5) is 7.90. The van der Waals surface area contributed by atoms with Gasteiger partial charge in [-0.1, -0.05) is 19.1 Å². The van der Waals surface area contributed by atoms with Crippen molar-refractivity contribution in [3.63, 3.8) is 0 Å². The van der Waals surface area contributed by atoms with E-state index in [1.165, 1.54) is 12.4 Å². The second-order valence-corrected chi connectivity index (χ2v) is 3.72. The number of rotatable bonds is 5. The maximum atomic E-state index is 8.94. The van der Waals surface area contributed by atoms with Gasteiger partial charge >= 0.3 is 0 Å². The van der Waals surface area contributed by atoms with Crippen LogP contribution in [-0.2, 0) is 0 Å². The molecule has 0 aliphatic carbocycles. The van der Waals surface area contributed by atoms with Gasteiger partial charge in [0.05, 0.1) is 6.61 Å². The smallest absolute Gasteiger partial charge is 0.256 e. The number of nitrogens with zero attached hydrogens (tertiary/aromatic N) is 3. The molecule has 5 heteroatoms. The highest BCUT2D eigenvalue weighted by Crippen LogP contribution is 2.31. The minimum Gasteiger partial charge on any atom is -0.490 e. The Labute approximate surface area is 111 Å². The number of nitriles is 1. The molecule has 1 aromatic carbocycles. The fourth-order valence-corrected chi connectivity index (χ4v) is 1.45. The molecule has 0 saturated heterocycles. The number of hydrogen-bond acceptors (Lipinski definition) is 5. The first-order chi connectivity index (χ1) is 9.35. The Hall–Kier alpha value is -2.61. The van der Waals surface area contributed by atoms with E-state index >= 15 is 0 Å². The maximum absolute atomic E-state index is 8.94. The molecule has 0 spiro atoms. The van der Waals surface area contributed by atoms with Crippen LogP contribution in [0.1, 0.15) is 19.0 Å². The third kappa shape index (κ3) is 3.19. The van der Waals surface area contributed by atoms with Gasteiger partial charge in [-0.25, -0.2) is 9.97 Å². The Morgan fingerprint density at radius 1 is 1.16 bits per heavy atom. The predicted molar refractivity (Wildman–Crippen MR) is 69.0 cm³/mol. The molecule has 0 aliphatic heterocycles. The third-order valence-electron chi connectivity index (χ3n) is 2.29. The van der Waals surface area contributed by atoms with Gasteiger partial charge in [0.15, 0.2) is 11.5 Å². The molecule has 96 valence electrons. The molecule has 0 N–H and O–H groups in total. The SMILES string of the molecule is CCCOc1ccccc1Oc1nccnc1C#N. The van der Waals surface area contributed by atoms with Crippen LogP contribution in [0.2, 0.25) is 0 Å². The van der Waals surface area contributed by atoms with Crippen LogP contribution in [0, 0.1) is 11.3 Å². The number of ether oxygens (including phenoxy) is 2. The van der Waals surface area contributed by atoms with Gasteiger partial charge in [0.2, 0.25) is 5.69 Å². The van der Waals surface area contributed by atoms with Gasteiger partial charge in [-0.05, 0) is 18.6 Å². The van der Waals surface area contributed by atoms with Crippen LogP contribution < -0.4 is 9.47 Å². The summed E-state index contributed by atoms with van der Waals surface area (Å²) in [5.41, 5.74) is 0.146. The minimum atomic E-state index is 0.146. The van der Waals surface area contributed by atoms with Crippen molar-refractivity contribution in [2.45, 2.75) is 13.3 Å². The van der Waals surface area contributed by atoms with Crippen LogP contribution >= 0.6 is 0 Å². The first kappa shape index (κ1) is 12.8. The lowest BCUT2D eigenvalue weighted by molar-refractivity contribution is 0.300. The van der Waals surface area contributed by atoms with Crippen molar-refractivity contribution in [1.82, 2.24) is 9.97 Å². The normalized spacial score (nSPS) is 9.68. The average molecular weight is 255 g/mol. The van der Waals surface area contributed by atoms with Crippen molar-refractivity contribution in [1.29, 1.82) is 5.26 Å². The lowest BCUT2D eigenvalue weighted by atomic mass is 10.3. The van der Waals surface area contributed by atoms with E-state index in [1.54, 1.807) is 6.07 Å². The summed E-state index contributed by atoms with van der Waals surface area (Å²) < 4.78 is 11.2. The largest absolute Gasteiger partial charge is 0.490 e. The van der Waals surface area contributed by atoms with Crippen molar-refractivity contribution in [2.24, 2.45) is 0 Å². The molecule has 19 heavy (non-hydrogen) atoms. The van der Waals surface area contributed by atoms with Crippen molar-refractivity contribution in [3.8, 4) is 23.4 Å². The average Bonchev–Trinajstić information content (AvgIpc) is 2.47. The van der Waals surface area contributed by atoms with Gasteiger partial charge in [0, 0.05) is 12.4 Å². The van der Waals surface area contributed by atoms with E-state index in [2.05, 4.69) is 9.97 Å². The Morgan fingerprint density at radius 3 is 2.63 bits per heavy atom. The van der Waals surface area contributed by atoms with Crippen LogP contribution in [0.5, 0.6) is 17.4 Å². The molecule has 0 amide bonds. The topological polar surface area (TPSA) is 68.0 Å². The highest BCUT2D eigenvalue weighted by Gasteiger charge is 2.10. The molecule has 0 bridgehead atoms. The Balaban J connectivity index is 2.26. The summed E-state index contributed by atoms with van der Waals surface area (Å²) in [6, 6.07) is 9.21. The predicted octanol–water partition coefficient (Wildman–Crippen LogP) is 2.93. The lowest BCUT2D eigenvalue weighted by Crippen LogP contribution is -1.99. The molecule has 0 atom stereocenters. The van der Waals surface area contributed by atoms with Crippen molar-refractivity contribution in [3.05, 3.63) is 42.4 Å². The summed E-state index contributed by atoms with van der Waals surface area (Å²) in [5, 5.41) is 8.94. The molecule has 2 rings (SSSR count). The molecule has 0 unspecified atom stereocenters. The van der Waals surface area contributed by atoms with Gasteiger partial charge < -0.3 is 9.47 Å². The van der Waals surface area contributed by atoms with Gasteiger partial charge in [-0.3, -0.25) is 0 Å². The van der Waals surface area contributed by atoms with Crippen LogP contribution in [0.4, 0.5) is 0 Å². The first-order valence-electron chi connectivity index (χ1n) is 5.96. The van der Waals surface area contributed by atoms with Crippen LogP contribution in [0.15, 0.2) is 36.7 Å². The van der Waals surface area contributed by atoms with Crippen LogP contribution in [0.3, 0.4) is 0 Å². The van der Waals surface area contributed by atoms with Crippen molar-refractivity contribution >= 4 is 0 Å². The van der Waals surface area contributed by atoms with Crippen molar-refractivity contribution in [2.75, 3.05) is 6.61 Å². The minimum absolute atomic E-state index is 0.146. The van der Waals surface area contributed by atoms with E-state index in [0.717, 1.165) is 6.42 Å². The summed E-state index contributed by atoms with van der Waals surface area (Å²) in [5.74, 6) is 1.32. The van der Waals surface area contributed by atoms with E-state index < -0.39 is 0 Å². The van der Waals surface area contributed by atoms with Crippen LogP contribution in [0.25, 0.3) is 0 Å². The zero-order chi connectivity index (χ0) is 13.5. The second-order valence-electron chi connectivity index (χ2n) is 3.72. The number of hydrogen-bond donors (Lipinski definition) is 0. The standard InChI is InChI=1S/C14H13N3O2/c1-2-9-18-12-5-3-4-6-13(12)19-14-11(10-15)16-7-8-17-14/h3-8H,2,9H2,1H3. The maximum Gasteiger partial charge on any atom is 0.256 e. The van der Waals surface area contributed by atoms with Gasteiger partial charge in [0.25, 0.3) is 5.88 Å². The molecule has 2 aromatic rings. The molecule has 0 saturated carbocycles. The fourth-order valence-electron chi connectivity index (χ4n) is 1.45. The van der Waals surface area contributed by atoms with Gasteiger partial charge in [-0.15, -0.1) is 0 Å². The first-order valence-corrected chi connectivity index (χ1v) is 5.96.